The van der Waals surface area contributed by atoms with Crippen molar-refractivity contribution in [2.24, 2.45) is 0 Å². The van der Waals surface area contributed by atoms with Gasteiger partial charge in [0.25, 0.3) is 5.91 Å². The first-order valence-electron chi connectivity index (χ1n) is 6.17. The van der Waals surface area contributed by atoms with Crippen molar-refractivity contribution in [2.75, 3.05) is 11.9 Å². The van der Waals surface area contributed by atoms with Gasteiger partial charge in [-0.25, -0.2) is 4.79 Å². The zero-order chi connectivity index (χ0) is 14.7. The predicted octanol–water partition coefficient (Wildman–Crippen LogP) is 2.97. The minimum absolute atomic E-state index is 0.119. The number of aryl methyl sites for hydroxylation is 1. The molecule has 0 saturated carbocycles. The Hall–Kier alpha value is -2.62. The van der Waals surface area contributed by atoms with Crippen molar-refractivity contribution < 1.29 is 14.7 Å². The van der Waals surface area contributed by atoms with Crippen molar-refractivity contribution in [3.8, 4) is 0 Å². The van der Waals surface area contributed by atoms with Crippen LogP contribution in [0.5, 0.6) is 0 Å². The first-order chi connectivity index (χ1) is 9.50. The van der Waals surface area contributed by atoms with Gasteiger partial charge in [0.1, 0.15) is 0 Å². The maximum absolute atomic E-state index is 12.4. The minimum Gasteiger partial charge on any atom is -0.478 e. The highest BCUT2D eigenvalue weighted by Crippen LogP contribution is 2.18. The van der Waals surface area contributed by atoms with Crippen molar-refractivity contribution in [1.29, 1.82) is 0 Å². The number of carbonyl (C=O) groups excluding carboxylic acids is 1. The highest BCUT2D eigenvalue weighted by molar-refractivity contribution is 6.06. The fourth-order valence-corrected chi connectivity index (χ4v) is 1.94. The molecular weight excluding hydrogens is 254 g/mol. The van der Waals surface area contributed by atoms with E-state index in [1.807, 2.05) is 25.1 Å². The van der Waals surface area contributed by atoms with Crippen molar-refractivity contribution in [2.45, 2.75) is 6.92 Å². The second kappa shape index (κ2) is 5.57. The number of aromatic carboxylic acids is 1. The summed E-state index contributed by atoms with van der Waals surface area (Å²) in [6, 6.07) is 13.6. The SMILES string of the molecule is Cc1ccccc1C(=O)N(C)c1ccc(C(=O)O)cc1. The summed E-state index contributed by atoms with van der Waals surface area (Å²) in [6.45, 7) is 1.88. The van der Waals surface area contributed by atoms with Crippen molar-refractivity contribution in [3.63, 3.8) is 0 Å². The Labute approximate surface area is 117 Å². The topological polar surface area (TPSA) is 57.6 Å². The number of carboxylic acids is 1. The van der Waals surface area contributed by atoms with Gasteiger partial charge in [0, 0.05) is 18.3 Å². The van der Waals surface area contributed by atoms with E-state index in [4.69, 9.17) is 5.11 Å². The lowest BCUT2D eigenvalue weighted by Gasteiger charge is -2.18. The number of anilines is 1. The molecule has 0 unspecified atom stereocenters. The zero-order valence-electron chi connectivity index (χ0n) is 11.3. The molecule has 0 fully saturated rings. The van der Waals surface area contributed by atoms with E-state index in [9.17, 15) is 9.59 Å². The van der Waals surface area contributed by atoms with Gasteiger partial charge in [0.05, 0.1) is 5.56 Å². The molecule has 2 aromatic carbocycles. The number of nitrogens with zero attached hydrogens (tertiary/aromatic N) is 1. The van der Waals surface area contributed by atoms with Gasteiger partial charge in [0.15, 0.2) is 0 Å². The Morgan fingerprint density at radius 3 is 2.15 bits per heavy atom. The first kappa shape index (κ1) is 13.8. The third-order valence-corrected chi connectivity index (χ3v) is 3.18. The van der Waals surface area contributed by atoms with Crippen LogP contribution in [0.15, 0.2) is 48.5 Å². The summed E-state index contributed by atoms with van der Waals surface area (Å²) in [6.07, 6.45) is 0. The quantitative estimate of drug-likeness (QED) is 0.932. The van der Waals surface area contributed by atoms with Gasteiger partial charge < -0.3 is 10.0 Å². The summed E-state index contributed by atoms with van der Waals surface area (Å²) in [5, 5.41) is 8.86. The number of carboxylic acid groups (broad SMARTS) is 1. The van der Waals surface area contributed by atoms with Gasteiger partial charge >= 0.3 is 5.97 Å². The van der Waals surface area contributed by atoms with E-state index >= 15 is 0 Å². The molecule has 0 saturated heterocycles. The van der Waals surface area contributed by atoms with E-state index in [2.05, 4.69) is 0 Å². The molecule has 0 bridgehead atoms. The molecule has 0 aliphatic carbocycles. The van der Waals surface area contributed by atoms with Crippen LogP contribution in [0.2, 0.25) is 0 Å². The van der Waals surface area contributed by atoms with E-state index in [1.54, 1.807) is 25.2 Å². The second-order valence-corrected chi connectivity index (χ2v) is 4.53. The number of carbonyl (C=O) groups is 2. The van der Waals surface area contributed by atoms with Crippen molar-refractivity contribution in [1.82, 2.24) is 0 Å². The minimum atomic E-state index is -0.982. The number of rotatable bonds is 3. The van der Waals surface area contributed by atoms with Crippen LogP contribution >= 0.6 is 0 Å². The van der Waals surface area contributed by atoms with E-state index in [1.165, 1.54) is 17.0 Å². The van der Waals surface area contributed by atoms with E-state index in [-0.39, 0.29) is 11.5 Å². The normalized spacial score (nSPS) is 10.1. The van der Waals surface area contributed by atoms with Gasteiger partial charge in [-0.1, -0.05) is 18.2 Å². The molecule has 1 N–H and O–H groups in total. The van der Waals surface area contributed by atoms with E-state index in [0.717, 1.165) is 5.56 Å². The Morgan fingerprint density at radius 2 is 1.60 bits per heavy atom. The number of hydrogen-bond acceptors (Lipinski definition) is 2. The predicted molar refractivity (Wildman–Crippen MR) is 77.3 cm³/mol. The molecule has 0 aliphatic heterocycles. The molecule has 0 radical (unpaired) electrons. The van der Waals surface area contributed by atoms with Crippen LogP contribution in [0.4, 0.5) is 5.69 Å². The average molecular weight is 269 g/mol. The standard InChI is InChI=1S/C16H15NO3/c1-11-5-3-4-6-14(11)15(18)17(2)13-9-7-12(8-10-13)16(19)20/h3-10H,1-2H3,(H,19,20). The number of amides is 1. The van der Waals surface area contributed by atoms with Crippen LogP contribution in [-0.2, 0) is 0 Å². The molecule has 20 heavy (non-hydrogen) atoms. The lowest BCUT2D eigenvalue weighted by atomic mass is 10.1. The number of hydrogen-bond donors (Lipinski definition) is 1. The van der Waals surface area contributed by atoms with Crippen LogP contribution in [0.1, 0.15) is 26.3 Å². The lowest BCUT2D eigenvalue weighted by molar-refractivity contribution is 0.0696. The molecule has 1 amide bonds. The van der Waals surface area contributed by atoms with Gasteiger partial charge in [-0.3, -0.25) is 4.79 Å². The largest absolute Gasteiger partial charge is 0.478 e. The van der Waals surface area contributed by atoms with Crippen molar-refractivity contribution >= 4 is 17.6 Å². The summed E-state index contributed by atoms with van der Waals surface area (Å²) in [4.78, 5) is 24.7. The molecule has 4 nitrogen and oxygen atoms in total. The molecule has 0 atom stereocenters. The first-order valence-corrected chi connectivity index (χ1v) is 6.17. The van der Waals surface area contributed by atoms with Gasteiger partial charge in [-0.2, -0.15) is 0 Å². The molecule has 0 aromatic heterocycles. The van der Waals surface area contributed by atoms with Crippen molar-refractivity contribution in [3.05, 3.63) is 65.2 Å². The highest BCUT2D eigenvalue weighted by atomic mass is 16.4. The average Bonchev–Trinajstić information content (AvgIpc) is 2.46. The van der Waals surface area contributed by atoms with Crippen LogP contribution in [-0.4, -0.2) is 24.0 Å². The molecule has 0 heterocycles. The monoisotopic (exact) mass is 269 g/mol. The van der Waals surface area contributed by atoms with Gasteiger partial charge in [-0.05, 0) is 42.8 Å². The Balaban J connectivity index is 2.27. The van der Waals surface area contributed by atoms with Gasteiger partial charge in [-0.15, -0.1) is 0 Å². The Kier molecular flexibility index (Phi) is 3.84. The fourth-order valence-electron chi connectivity index (χ4n) is 1.94. The van der Waals surface area contributed by atoms with E-state index < -0.39 is 5.97 Å². The fraction of sp³-hybridized carbons (Fsp3) is 0.125. The molecule has 4 heteroatoms. The summed E-state index contributed by atoms with van der Waals surface area (Å²) < 4.78 is 0. The molecule has 2 aromatic rings. The molecule has 2 rings (SSSR count). The third kappa shape index (κ3) is 2.69. The molecular formula is C16H15NO3. The summed E-state index contributed by atoms with van der Waals surface area (Å²) in [7, 11) is 1.67. The summed E-state index contributed by atoms with van der Waals surface area (Å²) in [5.74, 6) is -1.10. The van der Waals surface area contributed by atoms with Crippen LogP contribution in [0.3, 0.4) is 0 Å². The maximum Gasteiger partial charge on any atom is 0.335 e. The van der Waals surface area contributed by atoms with Crippen LogP contribution < -0.4 is 4.90 Å². The molecule has 102 valence electrons. The lowest BCUT2D eigenvalue weighted by Crippen LogP contribution is -2.26. The molecule has 0 aliphatic rings. The van der Waals surface area contributed by atoms with Crippen LogP contribution in [0, 0.1) is 6.92 Å². The second-order valence-electron chi connectivity index (χ2n) is 4.53. The smallest absolute Gasteiger partial charge is 0.335 e. The highest BCUT2D eigenvalue weighted by Gasteiger charge is 2.15. The maximum atomic E-state index is 12.4. The zero-order valence-corrected chi connectivity index (χ0v) is 11.3. The van der Waals surface area contributed by atoms with Gasteiger partial charge in [0.2, 0.25) is 0 Å². The third-order valence-electron chi connectivity index (χ3n) is 3.18. The van der Waals surface area contributed by atoms with E-state index in [0.29, 0.717) is 11.3 Å². The Morgan fingerprint density at radius 1 is 1.00 bits per heavy atom. The summed E-state index contributed by atoms with van der Waals surface area (Å²) >= 11 is 0. The van der Waals surface area contributed by atoms with Crippen LogP contribution in [0.25, 0.3) is 0 Å². The molecule has 0 spiro atoms. The number of benzene rings is 2. The summed E-state index contributed by atoms with van der Waals surface area (Å²) in [5.41, 5.74) is 2.40. The Bertz CT molecular complexity index is 647.